The van der Waals surface area contributed by atoms with E-state index < -0.39 is 11.9 Å². The largest absolute Gasteiger partial charge is 0.478 e. The molecular formula is C23H18N2O3S. The van der Waals surface area contributed by atoms with Crippen LogP contribution >= 0.6 is 11.3 Å². The van der Waals surface area contributed by atoms with Crippen molar-refractivity contribution in [2.24, 2.45) is 0 Å². The minimum absolute atomic E-state index is 0.0583. The highest BCUT2D eigenvalue weighted by atomic mass is 32.1. The number of rotatable bonds is 6. The smallest absolute Gasteiger partial charge is 0.337 e. The highest BCUT2D eigenvalue weighted by molar-refractivity contribution is 7.20. The van der Waals surface area contributed by atoms with Crippen molar-refractivity contribution in [3.63, 3.8) is 0 Å². The zero-order valence-corrected chi connectivity index (χ0v) is 16.3. The molecule has 4 aromatic rings. The van der Waals surface area contributed by atoms with Crippen LogP contribution in [0.2, 0.25) is 0 Å². The molecule has 2 N–H and O–H groups in total. The van der Waals surface area contributed by atoms with Crippen molar-refractivity contribution >= 4 is 39.1 Å². The molecule has 3 aromatic carbocycles. The third-order valence-electron chi connectivity index (χ3n) is 4.60. The van der Waals surface area contributed by atoms with Crippen LogP contribution in [0.3, 0.4) is 0 Å². The fourth-order valence-corrected chi connectivity index (χ4v) is 3.98. The number of thiazole rings is 1. The number of fused-ring (bicyclic) bond motifs is 1. The fourth-order valence-electron chi connectivity index (χ4n) is 3.12. The monoisotopic (exact) mass is 402 g/mol. The van der Waals surface area contributed by atoms with Gasteiger partial charge >= 0.3 is 5.97 Å². The minimum Gasteiger partial charge on any atom is -0.478 e. The van der Waals surface area contributed by atoms with Crippen molar-refractivity contribution in [1.82, 2.24) is 4.98 Å². The maximum Gasteiger partial charge on any atom is 0.337 e. The van der Waals surface area contributed by atoms with Crippen molar-refractivity contribution in [1.29, 1.82) is 0 Å². The van der Waals surface area contributed by atoms with E-state index in [1.807, 2.05) is 42.5 Å². The number of benzene rings is 3. The summed E-state index contributed by atoms with van der Waals surface area (Å²) in [6.45, 7) is 0. The predicted octanol–water partition coefficient (Wildman–Crippen LogP) is 5.03. The van der Waals surface area contributed by atoms with Crippen molar-refractivity contribution < 1.29 is 14.7 Å². The molecule has 0 aliphatic heterocycles. The van der Waals surface area contributed by atoms with Crippen molar-refractivity contribution in [3.05, 3.63) is 94.5 Å². The molecule has 0 atom stereocenters. The van der Waals surface area contributed by atoms with E-state index in [1.165, 1.54) is 23.0 Å². The van der Waals surface area contributed by atoms with Crippen LogP contribution in [-0.2, 0) is 12.8 Å². The number of carboxylic acids is 1. The summed E-state index contributed by atoms with van der Waals surface area (Å²) in [5, 5.41) is 12.5. The summed E-state index contributed by atoms with van der Waals surface area (Å²) in [5.41, 5.74) is 3.25. The number of nitrogens with one attached hydrogen (secondary N) is 1. The normalized spacial score (nSPS) is 10.8. The summed E-state index contributed by atoms with van der Waals surface area (Å²) in [4.78, 5) is 28.6. The number of para-hydroxylation sites is 1. The van der Waals surface area contributed by atoms with Crippen LogP contribution in [0.5, 0.6) is 0 Å². The number of hydrogen-bond donors (Lipinski definition) is 2. The lowest BCUT2D eigenvalue weighted by atomic mass is 10.0. The second-order valence-corrected chi connectivity index (χ2v) is 7.64. The number of aromatic carboxylic acids is 1. The van der Waals surface area contributed by atoms with E-state index >= 15 is 0 Å². The van der Waals surface area contributed by atoms with Gasteiger partial charge < -0.3 is 10.4 Å². The number of aryl methyl sites for hydroxylation is 2. The molecule has 5 nitrogen and oxygen atoms in total. The van der Waals surface area contributed by atoms with Gasteiger partial charge in [0.1, 0.15) is 0 Å². The van der Waals surface area contributed by atoms with Gasteiger partial charge in [-0.2, -0.15) is 0 Å². The number of nitrogens with zero attached hydrogens (tertiary/aromatic N) is 1. The van der Waals surface area contributed by atoms with E-state index in [1.54, 1.807) is 12.1 Å². The topological polar surface area (TPSA) is 79.3 Å². The molecule has 0 saturated heterocycles. The van der Waals surface area contributed by atoms with Crippen LogP contribution in [0.25, 0.3) is 10.2 Å². The van der Waals surface area contributed by atoms with Crippen LogP contribution in [0.1, 0.15) is 31.3 Å². The lowest BCUT2D eigenvalue weighted by molar-refractivity contribution is 0.0698. The first kappa shape index (κ1) is 18.8. The molecule has 6 heteroatoms. The Morgan fingerprint density at radius 1 is 0.897 bits per heavy atom. The van der Waals surface area contributed by atoms with Crippen molar-refractivity contribution in [3.8, 4) is 0 Å². The molecule has 0 unspecified atom stereocenters. The van der Waals surface area contributed by atoms with E-state index in [4.69, 9.17) is 0 Å². The van der Waals surface area contributed by atoms with Gasteiger partial charge in [0.2, 0.25) is 0 Å². The number of amides is 1. The highest BCUT2D eigenvalue weighted by Crippen LogP contribution is 2.24. The molecule has 0 spiro atoms. The molecule has 0 fully saturated rings. The first-order valence-corrected chi connectivity index (χ1v) is 9.99. The van der Waals surface area contributed by atoms with Gasteiger partial charge in [0.25, 0.3) is 5.91 Å². The molecule has 1 amide bonds. The van der Waals surface area contributed by atoms with E-state index in [0.717, 1.165) is 28.6 Å². The first-order chi connectivity index (χ1) is 14.1. The van der Waals surface area contributed by atoms with E-state index in [9.17, 15) is 14.7 Å². The van der Waals surface area contributed by atoms with Crippen molar-refractivity contribution in [2.45, 2.75) is 12.8 Å². The third kappa shape index (κ3) is 4.33. The quantitative estimate of drug-likeness (QED) is 0.474. The molecule has 0 bridgehead atoms. The Morgan fingerprint density at radius 2 is 1.62 bits per heavy atom. The lowest BCUT2D eigenvalue weighted by Gasteiger charge is -2.10. The minimum atomic E-state index is -1.08. The van der Waals surface area contributed by atoms with Crippen LogP contribution in [0.15, 0.2) is 72.8 Å². The molecule has 0 aliphatic carbocycles. The molecule has 0 aliphatic rings. The average Bonchev–Trinajstić information content (AvgIpc) is 3.17. The Kier molecular flexibility index (Phi) is 5.35. The summed E-state index contributed by atoms with van der Waals surface area (Å²) in [6, 6.07) is 22.6. The van der Waals surface area contributed by atoms with Crippen LogP contribution < -0.4 is 5.32 Å². The van der Waals surface area contributed by atoms with Gasteiger partial charge in [-0.05, 0) is 48.2 Å². The second-order valence-electron chi connectivity index (χ2n) is 6.61. The number of anilines is 1. The Labute approximate surface area is 171 Å². The maximum absolute atomic E-state index is 12.7. The highest BCUT2D eigenvalue weighted by Gasteiger charge is 2.17. The van der Waals surface area contributed by atoms with Crippen LogP contribution in [0, 0.1) is 0 Å². The first-order valence-electron chi connectivity index (χ1n) is 9.17. The van der Waals surface area contributed by atoms with Crippen LogP contribution in [-0.4, -0.2) is 22.0 Å². The number of hydrogen-bond acceptors (Lipinski definition) is 4. The summed E-state index contributed by atoms with van der Waals surface area (Å²) < 4.78 is 0.910. The zero-order valence-electron chi connectivity index (χ0n) is 15.5. The summed E-state index contributed by atoms with van der Waals surface area (Å²) in [5.74, 6) is -1.49. The molecule has 0 saturated carbocycles. The molecule has 144 valence electrons. The van der Waals surface area contributed by atoms with Gasteiger partial charge in [-0.1, -0.05) is 48.5 Å². The van der Waals surface area contributed by atoms with E-state index in [2.05, 4.69) is 22.4 Å². The SMILES string of the molecule is O=C(Nc1cc(CCc2ccccc2)ccc1C(=O)O)c1nc2ccccc2s1. The van der Waals surface area contributed by atoms with E-state index in [0.29, 0.717) is 5.01 Å². The second kappa shape index (κ2) is 8.24. The van der Waals surface area contributed by atoms with Gasteiger partial charge in [0.05, 0.1) is 21.5 Å². The molecule has 4 rings (SSSR count). The van der Waals surface area contributed by atoms with E-state index in [-0.39, 0.29) is 11.3 Å². The van der Waals surface area contributed by atoms with Crippen LogP contribution in [0.4, 0.5) is 5.69 Å². The fraction of sp³-hybridized carbons (Fsp3) is 0.0870. The van der Waals surface area contributed by atoms with Gasteiger partial charge in [0.15, 0.2) is 5.01 Å². The van der Waals surface area contributed by atoms with Gasteiger partial charge in [-0.15, -0.1) is 11.3 Å². The predicted molar refractivity (Wildman–Crippen MR) is 115 cm³/mol. The molecular weight excluding hydrogens is 384 g/mol. The zero-order chi connectivity index (χ0) is 20.2. The van der Waals surface area contributed by atoms with Crippen molar-refractivity contribution in [2.75, 3.05) is 5.32 Å². The van der Waals surface area contributed by atoms with Gasteiger partial charge in [-0.3, -0.25) is 4.79 Å². The van der Waals surface area contributed by atoms with Gasteiger partial charge in [0, 0.05) is 0 Å². The lowest BCUT2D eigenvalue weighted by Crippen LogP contribution is -2.15. The molecule has 1 aromatic heterocycles. The Balaban J connectivity index is 1.57. The summed E-state index contributed by atoms with van der Waals surface area (Å²) in [7, 11) is 0. The van der Waals surface area contributed by atoms with Gasteiger partial charge in [-0.25, -0.2) is 9.78 Å². The number of carboxylic acid groups (broad SMARTS) is 1. The average molecular weight is 402 g/mol. The molecule has 1 heterocycles. The maximum atomic E-state index is 12.7. The Hall–Kier alpha value is -3.51. The summed E-state index contributed by atoms with van der Waals surface area (Å²) >= 11 is 1.28. The third-order valence-corrected chi connectivity index (χ3v) is 5.63. The molecule has 0 radical (unpaired) electrons. The standard InChI is InChI=1S/C23H18N2O3S/c26-21(22-25-18-8-4-5-9-20(18)29-22)24-19-14-16(12-13-17(19)23(27)28)11-10-15-6-2-1-3-7-15/h1-9,12-14H,10-11H2,(H,24,26)(H,27,28). The Bertz CT molecular complexity index is 1150. The number of carbonyl (C=O) groups excluding carboxylic acids is 1. The molecule has 29 heavy (non-hydrogen) atoms. The number of aromatic nitrogens is 1. The Morgan fingerprint density at radius 3 is 2.38 bits per heavy atom. The number of carbonyl (C=O) groups is 2. The summed E-state index contributed by atoms with van der Waals surface area (Å²) in [6.07, 6.45) is 1.58.